The van der Waals surface area contributed by atoms with Crippen molar-refractivity contribution in [2.45, 2.75) is 39.3 Å². The Morgan fingerprint density at radius 2 is 2.13 bits per heavy atom. The maximum atomic E-state index is 13.2. The van der Waals surface area contributed by atoms with Crippen molar-refractivity contribution in [2.24, 2.45) is 0 Å². The molecule has 0 spiro atoms. The van der Waals surface area contributed by atoms with Crippen molar-refractivity contribution in [1.82, 2.24) is 14.9 Å². The smallest absolute Gasteiger partial charge is 0.253 e. The van der Waals surface area contributed by atoms with Gasteiger partial charge >= 0.3 is 0 Å². The largest absolute Gasteiger partial charge is 0.384 e. The van der Waals surface area contributed by atoms with Gasteiger partial charge in [-0.25, -0.2) is 9.37 Å². The van der Waals surface area contributed by atoms with Crippen molar-refractivity contribution in [3.05, 3.63) is 63.3 Å². The third-order valence-corrected chi connectivity index (χ3v) is 6.56. The van der Waals surface area contributed by atoms with E-state index in [-0.39, 0.29) is 11.4 Å². The molecule has 31 heavy (non-hydrogen) atoms. The highest BCUT2D eigenvalue weighted by Crippen LogP contribution is 2.31. The summed E-state index contributed by atoms with van der Waals surface area (Å²) in [6.07, 6.45) is 3.11. The number of hydrogen-bond donors (Lipinski definition) is 2. The lowest BCUT2D eigenvalue weighted by molar-refractivity contribution is 0.180. The normalized spacial score (nSPS) is 19.3. The summed E-state index contributed by atoms with van der Waals surface area (Å²) in [5, 5.41) is 4.59. The Balaban J connectivity index is 1.37. The summed E-state index contributed by atoms with van der Waals surface area (Å²) in [7, 11) is 0. The van der Waals surface area contributed by atoms with Crippen LogP contribution in [-0.2, 0) is 13.0 Å². The maximum absolute atomic E-state index is 13.2. The number of H-pyrrole nitrogens is 1. The van der Waals surface area contributed by atoms with Gasteiger partial charge < -0.3 is 15.2 Å². The van der Waals surface area contributed by atoms with Gasteiger partial charge in [-0.3, -0.25) is 9.69 Å². The van der Waals surface area contributed by atoms with Gasteiger partial charge in [0.25, 0.3) is 5.56 Å². The molecule has 1 aromatic carbocycles. The van der Waals surface area contributed by atoms with Crippen LogP contribution in [0.2, 0.25) is 0 Å². The van der Waals surface area contributed by atoms with Crippen LogP contribution < -0.4 is 15.8 Å². The van der Waals surface area contributed by atoms with Crippen molar-refractivity contribution in [3.63, 3.8) is 0 Å². The zero-order chi connectivity index (χ0) is 21.5. The van der Waals surface area contributed by atoms with Crippen LogP contribution in [0.4, 0.5) is 15.9 Å². The van der Waals surface area contributed by atoms with Crippen LogP contribution in [0.15, 0.2) is 35.3 Å². The van der Waals surface area contributed by atoms with Crippen molar-refractivity contribution in [2.75, 3.05) is 36.4 Å². The van der Waals surface area contributed by atoms with Crippen LogP contribution >= 0.6 is 0 Å². The fourth-order valence-corrected chi connectivity index (χ4v) is 4.99. The molecule has 2 N–H and O–H groups in total. The minimum Gasteiger partial charge on any atom is -0.384 e. The number of aromatic nitrogens is 2. The van der Waals surface area contributed by atoms with Crippen molar-refractivity contribution in [1.29, 1.82) is 0 Å². The summed E-state index contributed by atoms with van der Waals surface area (Å²) >= 11 is 0. The topological polar surface area (TPSA) is 64.3 Å². The Hall–Kier alpha value is -2.93. The van der Waals surface area contributed by atoms with Gasteiger partial charge in [0, 0.05) is 49.7 Å². The van der Waals surface area contributed by atoms with Crippen LogP contribution in [0.3, 0.4) is 0 Å². The molecule has 6 nitrogen and oxygen atoms in total. The maximum Gasteiger partial charge on any atom is 0.253 e. The molecule has 162 valence electrons. The van der Waals surface area contributed by atoms with Gasteiger partial charge in [-0.15, -0.1) is 0 Å². The molecule has 2 aromatic heterocycles. The summed E-state index contributed by atoms with van der Waals surface area (Å²) in [4.78, 5) is 24.6. The first kappa shape index (κ1) is 20.0. The lowest BCUT2D eigenvalue weighted by Gasteiger charge is -2.40. The van der Waals surface area contributed by atoms with Gasteiger partial charge in [-0.05, 0) is 56.0 Å². The summed E-state index contributed by atoms with van der Waals surface area (Å²) < 4.78 is 13.2. The van der Waals surface area contributed by atoms with Crippen LogP contribution in [0.1, 0.15) is 30.0 Å². The van der Waals surface area contributed by atoms with Crippen molar-refractivity contribution >= 4 is 22.4 Å². The van der Waals surface area contributed by atoms with Gasteiger partial charge in [-0.2, -0.15) is 0 Å². The third kappa shape index (κ3) is 3.78. The molecule has 2 aliphatic rings. The third-order valence-electron chi connectivity index (χ3n) is 6.56. The molecular formula is C24H28FN5O. The van der Waals surface area contributed by atoms with Crippen molar-refractivity contribution < 1.29 is 4.39 Å². The quantitative estimate of drug-likeness (QED) is 0.678. The molecule has 1 fully saturated rings. The van der Waals surface area contributed by atoms with E-state index in [1.807, 2.05) is 0 Å². The molecule has 1 saturated heterocycles. The molecule has 0 aliphatic carbocycles. The van der Waals surface area contributed by atoms with E-state index in [0.717, 1.165) is 73.5 Å². The average Bonchev–Trinajstić information content (AvgIpc) is 2.75. The zero-order valence-corrected chi connectivity index (χ0v) is 18.0. The van der Waals surface area contributed by atoms with Gasteiger partial charge in [0.05, 0.1) is 17.4 Å². The summed E-state index contributed by atoms with van der Waals surface area (Å²) in [6, 6.07) is 7.92. The molecule has 7 heteroatoms. The molecule has 1 unspecified atom stereocenters. The van der Waals surface area contributed by atoms with Crippen LogP contribution in [0.5, 0.6) is 0 Å². The first-order chi connectivity index (χ1) is 15.0. The first-order valence-electron chi connectivity index (χ1n) is 11.0. The molecule has 4 heterocycles. The van der Waals surface area contributed by atoms with Crippen LogP contribution in [-0.4, -0.2) is 47.1 Å². The Morgan fingerprint density at radius 1 is 1.26 bits per heavy atom. The molecule has 0 saturated carbocycles. The van der Waals surface area contributed by atoms with Gasteiger partial charge in [0.1, 0.15) is 11.6 Å². The molecule has 5 rings (SSSR count). The van der Waals surface area contributed by atoms with E-state index in [1.165, 1.54) is 23.4 Å². The number of hydrogen-bond acceptors (Lipinski definition) is 5. The SMILES string of the molecule is Cc1cc(CN2CCN(c3ccc(F)cn3)CC2C)cc2[nH]c(=O)c3c(c12)NCCC3. The summed E-state index contributed by atoms with van der Waals surface area (Å²) in [6.45, 7) is 8.68. The molecule has 0 bridgehead atoms. The van der Waals surface area contributed by atoms with E-state index in [1.54, 1.807) is 6.07 Å². The Labute approximate surface area is 181 Å². The highest BCUT2D eigenvalue weighted by Gasteiger charge is 2.25. The molecular weight excluding hydrogens is 393 g/mol. The minimum absolute atomic E-state index is 0.0278. The number of anilines is 2. The number of benzene rings is 1. The number of aryl methyl sites for hydroxylation is 1. The Morgan fingerprint density at radius 3 is 2.90 bits per heavy atom. The van der Waals surface area contributed by atoms with E-state index in [2.05, 4.69) is 51.1 Å². The first-order valence-corrected chi connectivity index (χ1v) is 11.0. The number of fused-ring (bicyclic) bond motifs is 3. The second-order valence-corrected chi connectivity index (χ2v) is 8.77. The fraction of sp³-hybridized carbons (Fsp3) is 0.417. The number of rotatable bonds is 3. The Bertz CT molecular complexity index is 1170. The molecule has 1 atom stereocenters. The summed E-state index contributed by atoms with van der Waals surface area (Å²) in [5.74, 6) is 0.515. The van der Waals surface area contributed by atoms with E-state index >= 15 is 0 Å². The zero-order valence-electron chi connectivity index (χ0n) is 18.0. The van der Waals surface area contributed by atoms with E-state index in [9.17, 15) is 9.18 Å². The predicted molar refractivity (Wildman–Crippen MR) is 122 cm³/mol. The molecule has 3 aromatic rings. The number of pyridine rings is 2. The second kappa shape index (κ2) is 7.96. The van der Waals surface area contributed by atoms with E-state index in [4.69, 9.17) is 0 Å². The minimum atomic E-state index is -0.309. The van der Waals surface area contributed by atoms with Crippen molar-refractivity contribution in [3.8, 4) is 0 Å². The fourth-order valence-electron chi connectivity index (χ4n) is 4.99. The van der Waals surface area contributed by atoms with Crippen LogP contribution in [0, 0.1) is 12.7 Å². The highest BCUT2D eigenvalue weighted by atomic mass is 19.1. The molecule has 0 radical (unpaired) electrons. The summed E-state index contributed by atoms with van der Waals surface area (Å²) in [5.41, 5.74) is 5.24. The number of piperazine rings is 1. The number of aromatic amines is 1. The number of nitrogens with zero attached hydrogens (tertiary/aromatic N) is 3. The van der Waals surface area contributed by atoms with Gasteiger partial charge in [0.15, 0.2) is 0 Å². The lowest BCUT2D eigenvalue weighted by atomic mass is 9.97. The molecule has 2 aliphatic heterocycles. The standard InChI is InChI=1S/C24H28FN5O/c1-15-10-17(11-20-22(15)23-19(24(31)28-20)4-3-7-26-23)14-29-8-9-30(13-16(29)2)21-6-5-18(25)12-27-21/h5-6,10-12,16,26H,3-4,7-9,13-14H2,1-2H3,(H,28,31). The Kier molecular flexibility index (Phi) is 5.14. The van der Waals surface area contributed by atoms with Gasteiger partial charge in [0.2, 0.25) is 0 Å². The van der Waals surface area contributed by atoms with E-state index in [0.29, 0.717) is 6.04 Å². The lowest BCUT2D eigenvalue weighted by Crippen LogP contribution is -2.51. The van der Waals surface area contributed by atoms with E-state index < -0.39 is 0 Å². The number of nitrogens with one attached hydrogen (secondary N) is 2. The number of halogens is 1. The highest BCUT2D eigenvalue weighted by molar-refractivity contribution is 5.96. The predicted octanol–water partition coefficient (Wildman–Crippen LogP) is 3.44. The monoisotopic (exact) mass is 421 g/mol. The average molecular weight is 422 g/mol. The molecule has 0 amide bonds. The second-order valence-electron chi connectivity index (χ2n) is 8.77. The van der Waals surface area contributed by atoms with Gasteiger partial charge in [-0.1, -0.05) is 6.07 Å². The van der Waals surface area contributed by atoms with Crippen LogP contribution in [0.25, 0.3) is 10.9 Å².